The maximum Gasteiger partial charge on any atom is 0.224 e. The number of fused-ring (bicyclic) bond motifs is 1. The van der Waals surface area contributed by atoms with Gasteiger partial charge in [-0.15, -0.1) is 0 Å². The molecule has 2 fully saturated rings. The number of hydrazine groups is 1. The van der Waals surface area contributed by atoms with Gasteiger partial charge in [0, 0.05) is 19.1 Å². The molecule has 1 aromatic rings. The van der Waals surface area contributed by atoms with Gasteiger partial charge in [0.1, 0.15) is 5.82 Å². The van der Waals surface area contributed by atoms with Gasteiger partial charge in [0.15, 0.2) is 0 Å². The van der Waals surface area contributed by atoms with Crippen LogP contribution >= 0.6 is 0 Å². The Kier molecular flexibility index (Phi) is 3.35. The first-order valence-electron chi connectivity index (χ1n) is 6.72. The monoisotopic (exact) mass is 261 g/mol. The Hall–Kier alpha value is -1.66. The molecule has 2 atom stereocenters. The molecule has 0 aromatic carbocycles. The average Bonchev–Trinajstić information content (AvgIpc) is 2.82. The van der Waals surface area contributed by atoms with Crippen molar-refractivity contribution >= 4 is 11.7 Å². The summed E-state index contributed by atoms with van der Waals surface area (Å²) in [5.41, 5.74) is 3.54. The van der Waals surface area contributed by atoms with Gasteiger partial charge in [-0.3, -0.25) is 9.69 Å². The van der Waals surface area contributed by atoms with Gasteiger partial charge in [-0.05, 0) is 31.5 Å². The first-order chi connectivity index (χ1) is 9.28. The van der Waals surface area contributed by atoms with E-state index in [0.29, 0.717) is 11.9 Å². The van der Waals surface area contributed by atoms with Crippen molar-refractivity contribution in [1.82, 2.24) is 15.2 Å². The van der Waals surface area contributed by atoms with E-state index in [4.69, 9.17) is 5.84 Å². The van der Waals surface area contributed by atoms with E-state index in [1.165, 1.54) is 0 Å². The van der Waals surface area contributed by atoms with Gasteiger partial charge >= 0.3 is 0 Å². The van der Waals surface area contributed by atoms with Crippen molar-refractivity contribution in [1.29, 1.82) is 0 Å². The summed E-state index contributed by atoms with van der Waals surface area (Å²) in [5, 5.41) is 2.97. The molecule has 102 valence electrons. The van der Waals surface area contributed by atoms with Crippen LogP contribution in [-0.4, -0.2) is 34.9 Å². The van der Waals surface area contributed by atoms with Crippen LogP contribution in [0.4, 0.5) is 5.82 Å². The third-order valence-electron chi connectivity index (χ3n) is 4.04. The molecule has 2 unspecified atom stereocenters. The van der Waals surface area contributed by atoms with Gasteiger partial charge in [0.25, 0.3) is 0 Å². The molecule has 1 aromatic heterocycles. The Morgan fingerprint density at radius 3 is 3.26 bits per heavy atom. The minimum Gasteiger partial charge on any atom is -0.354 e. The normalized spacial score (nSPS) is 26.9. The number of likely N-dealkylation sites (tertiary alicyclic amines) is 1. The van der Waals surface area contributed by atoms with Crippen molar-refractivity contribution in [2.75, 3.05) is 18.5 Å². The fraction of sp³-hybridized carbons (Fsp3) is 0.538. The van der Waals surface area contributed by atoms with Gasteiger partial charge < -0.3 is 10.7 Å². The molecule has 0 saturated carbocycles. The van der Waals surface area contributed by atoms with Crippen LogP contribution in [0.3, 0.4) is 0 Å². The Labute approximate surface area is 112 Å². The Morgan fingerprint density at radius 1 is 1.53 bits per heavy atom. The van der Waals surface area contributed by atoms with E-state index in [1.807, 2.05) is 18.2 Å². The fourth-order valence-corrected chi connectivity index (χ4v) is 3.09. The molecule has 4 N–H and O–H groups in total. The highest BCUT2D eigenvalue weighted by Crippen LogP contribution is 2.28. The number of anilines is 1. The van der Waals surface area contributed by atoms with Crippen LogP contribution in [-0.2, 0) is 11.3 Å². The maximum absolute atomic E-state index is 11.7. The number of carbonyl (C=O) groups is 1. The lowest BCUT2D eigenvalue weighted by atomic mass is 9.91. The topological polar surface area (TPSA) is 83.3 Å². The fourth-order valence-electron chi connectivity index (χ4n) is 3.09. The number of nitrogens with two attached hydrogens (primary N) is 1. The standard InChI is InChI=1S/C13H19N5O/c14-17-12-5-1-3-9(16-12)8-18-6-2-4-10-11(18)7-15-13(10)19/h1,3,5,10-11H,2,4,6-8,14H2,(H,15,19)(H,16,17). The van der Waals surface area contributed by atoms with Crippen LogP contribution in [0, 0.1) is 5.92 Å². The molecule has 19 heavy (non-hydrogen) atoms. The summed E-state index contributed by atoms with van der Waals surface area (Å²) in [4.78, 5) is 18.5. The molecular formula is C13H19N5O. The summed E-state index contributed by atoms with van der Waals surface area (Å²) in [6.45, 7) is 2.56. The van der Waals surface area contributed by atoms with Crippen LogP contribution in [0.2, 0.25) is 0 Å². The summed E-state index contributed by atoms with van der Waals surface area (Å²) in [6, 6.07) is 6.09. The minimum absolute atomic E-state index is 0.157. The number of rotatable bonds is 3. The third kappa shape index (κ3) is 2.41. The van der Waals surface area contributed by atoms with E-state index in [2.05, 4.69) is 20.6 Å². The summed E-state index contributed by atoms with van der Waals surface area (Å²) in [7, 11) is 0. The Bertz CT molecular complexity index is 478. The molecule has 2 aliphatic rings. The van der Waals surface area contributed by atoms with Crippen LogP contribution in [0.1, 0.15) is 18.5 Å². The second kappa shape index (κ2) is 5.14. The number of nitrogen functional groups attached to an aromatic ring is 1. The Morgan fingerprint density at radius 2 is 2.42 bits per heavy atom. The lowest BCUT2D eigenvalue weighted by Crippen LogP contribution is -2.45. The number of amides is 1. The van der Waals surface area contributed by atoms with Gasteiger partial charge in [-0.1, -0.05) is 6.07 Å². The number of nitrogens with one attached hydrogen (secondary N) is 2. The van der Waals surface area contributed by atoms with E-state index < -0.39 is 0 Å². The van der Waals surface area contributed by atoms with Crippen LogP contribution in [0.25, 0.3) is 0 Å². The molecule has 0 bridgehead atoms. The van der Waals surface area contributed by atoms with Crippen molar-refractivity contribution < 1.29 is 4.79 Å². The van der Waals surface area contributed by atoms with E-state index in [1.54, 1.807) is 0 Å². The zero-order valence-corrected chi connectivity index (χ0v) is 10.8. The van der Waals surface area contributed by atoms with E-state index >= 15 is 0 Å². The van der Waals surface area contributed by atoms with Crippen molar-refractivity contribution in [2.24, 2.45) is 11.8 Å². The molecule has 6 heteroatoms. The van der Waals surface area contributed by atoms with Gasteiger partial charge in [0.2, 0.25) is 5.91 Å². The number of hydrogen-bond acceptors (Lipinski definition) is 5. The van der Waals surface area contributed by atoms with Crippen molar-refractivity contribution in [2.45, 2.75) is 25.4 Å². The zero-order chi connectivity index (χ0) is 13.2. The molecule has 0 radical (unpaired) electrons. The van der Waals surface area contributed by atoms with Crippen molar-refractivity contribution in [3.05, 3.63) is 23.9 Å². The van der Waals surface area contributed by atoms with E-state index in [-0.39, 0.29) is 11.8 Å². The third-order valence-corrected chi connectivity index (χ3v) is 4.04. The van der Waals surface area contributed by atoms with Crippen LogP contribution in [0.15, 0.2) is 18.2 Å². The van der Waals surface area contributed by atoms with Gasteiger partial charge in [-0.25, -0.2) is 10.8 Å². The number of hydrogen-bond donors (Lipinski definition) is 3. The largest absolute Gasteiger partial charge is 0.354 e. The number of nitrogens with zero attached hydrogens (tertiary/aromatic N) is 2. The highest BCUT2D eigenvalue weighted by molar-refractivity contribution is 5.82. The molecular weight excluding hydrogens is 242 g/mol. The van der Waals surface area contributed by atoms with Gasteiger partial charge in [-0.2, -0.15) is 0 Å². The van der Waals surface area contributed by atoms with Crippen LogP contribution < -0.4 is 16.6 Å². The van der Waals surface area contributed by atoms with Crippen LogP contribution in [0.5, 0.6) is 0 Å². The molecule has 2 saturated heterocycles. The molecule has 6 nitrogen and oxygen atoms in total. The average molecular weight is 261 g/mol. The molecule has 0 spiro atoms. The number of aromatic nitrogens is 1. The lowest BCUT2D eigenvalue weighted by molar-refractivity contribution is -0.124. The lowest BCUT2D eigenvalue weighted by Gasteiger charge is -2.35. The SMILES string of the molecule is NNc1cccc(CN2CCCC3C(=O)NCC32)n1. The highest BCUT2D eigenvalue weighted by atomic mass is 16.2. The maximum atomic E-state index is 11.7. The minimum atomic E-state index is 0.157. The summed E-state index contributed by atoms with van der Waals surface area (Å²) in [6.07, 6.45) is 2.08. The number of pyridine rings is 1. The van der Waals surface area contributed by atoms with E-state index in [9.17, 15) is 4.79 Å². The summed E-state index contributed by atoms with van der Waals surface area (Å²) >= 11 is 0. The molecule has 1 amide bonds. The van der Waals surface area contributed by atoms with Crippen molar-refractivity contribution in [3.63, 3.8) is 0 Å². The quantitative estimate of drug-likeness (QED) is 0.530. The molecule has 3 heterocycles. The second-order valence-electron chi connectivity index (χ2n) is 5.19. The first kappa shape index (κ1) is 12.4. The number of carbonyl (C=O) groups excluding carboxylic acids is 1. The molecule has 3 rings (SSSR count). The Balaban J connectivity index is 1.73. The molecule has 0 aliphatic carbocycles. The summed E-state index contributed by atoms with van der Waals surface area (Å²) in [5.74, 6) is 6.41. The molecule has 2 aliphatic heterocycles. The second-order valence-corrected chi connectivity index (χ2v) is 5.19. The predicted molar refractivity (Wildman–Crippen MR) is 72.0 cm³/mol. The first-order valence-corrected chi connectivity index (χ1v) is 6.72. The van der Waals surface area contributed by atoms with Gasteiger partial charge in [0.05, 0.1) is 11.6 Å². The predicted octanol–water partition coefficient (Wildman–Crippen LogP) is 0.0776. The smallest absolute Gasteiger partial charge is 0.224 e. The summed E-state index contributed by atoms with van der Waals surface area (Å²) < 4.78 is 0. The zero-order valence-electron chi connectivity index (χ0n) is 10.8. The van der Waals surface area contributed by atoms with E-state index in [0.717, 1.165) is 38.2 Å². The highest BCUT2D eigenvalue weighted by Gasteiger charge is 2.40. The van der Waals surface area contributed by atoms with Crippen molar-refractivity contribution in [3.8, 4) is 0 Å². The number of piperidine rings is 1.